The topological polar surface area (TPSA) is 87.7 Å². The molecule has 1 amide bonds. The van der Waals surface area contributed by atoms with Crippen molar-refractivity contribution in [3.05, 3.63) is 0 Å². The molecule has 0 aromatic rings. The molecule has 1 aliphatic carbocycles. The molecule has 17 heavy (non-hydrogen) atoms. The first kappa shape index (κ1) is 14.2. The number of oxime groups is 1. The molecule has 1 fully saturated rings. The molecule has 5 nitrogen and oxygen atoms in total. The van der Waals surface area contributed by atoms with Crippen LogP contribution < -0.4 is 11.1 Å². The van der Waals surface area contributed by atoms with Crippen molar-refractivity contribution < 1.29 is 10.0 Å². The lowest BCUT2D eigenvalue weighted by atomic mass is 9.94. The molecule has 0 heterocycles. The van der Waals surface area contributed by atoms with Gasteiger partial charge in [0.15, 0.2) is 5.84 Å². The first-order chi connectivity index (χ1) is 8.08. The summed E-state index contributed by atoms with van der Waals surface area (Å²) in [7, 11) is 0. The highest BCUT2D eigenvalue weighted by atomic mass is 32.2. The van der Waals surface area contributed by atoms with Crippen LogP contribution in [0.15, 0.2) is 5.16 Å². The molecule has 0 spiro atoms. The molecule has 0 bridgehead atoms. The fourth-order valence-corrected chi connectivity index (χ4v) is 2.86. The van der Waals surface area contributed by atoms with E-state index in [-0.39, 0.29) is 17.8 Å². The Morgan fingerprint density at radius 2 is 2.29 bits per heavy atom. The van der Waals surface area contributed by atoms with Gasteiger partial charge in [-0.1, -0.05) is 11.6 Å². The van der Waals surface area contributed by atoms with Crippen LogP contribution in [0.25, 0.3) is 0 Å². The molecule has 0 saturated heterocycles. The Hall–Kier alpha value is -0.910. The minimum Gasteiger partial charge on any atom is -0.409 e. The van der Waals surface area contributed by atoms with Crippen molar-refractivity contribution in [2.45, 2.75) is 43.9 Å². The molecule has 0 aliphatic heterocycles. The van der Waals surface area contributed by atoms with Crippen molar-refractivity contribution in [1.29, 1.82) is 0 Å². The number of carbonyl (C=O) groups excluding carboxylic acids is 1. The average molecular weight is 259 g/mol. The summed E-state index contributed by atoms with van der Waals surface area (Å²) >= 11 is 1.86. The number of thioether (sulfide) groups is 1. The Balaban J connectivity index is 2.45. The summed E-state index contributed by atoms with van der Waals surface area (Å²) < 4.78 is 0. The molecule has 3 unspecified atom stereocenters. The van der Waals surface area contributed by atoms with Gasteiger partial charge in [0.05, 0.1) is 5.92 Å². The molecule has 1 rings (SSSR count). The van der Waals surface area contributed by atoms with Gasteiger partial charge in [-0.3, -0.25) is 4.79 Å². The first-order valence-corrected chi connectivity index (χ1v) is 7.17. The number of hydrogen-bond donors (Lipinski definition) is 3. The zero-order chi connectivity index (χ0) is 12.8. The van der Waals surface area contributed by atoms with E-state index in [1.165, 1.54) is 6.42 Å². The lowest BCUT2D eigenvalue weighted by Gasteiger charge is -2.29. The maximum atomic E-state index is 11.8. The van der Waals surface area contributed by atoms with Crippen molar-refractivity contribution >= 4 is 23.5 Å². The zero-order valence-corrected chi connectivity index (χ0v) is 11.2. The summed E-state index contributed by atoms with van der Waals surface area (Å²) in [6.45, 7) is 1.64. The molecular formula is C11H21N3O2S. The third-order valence-electron chi connectivity index (χ3n) is 3.26. The number of amidine groups is 1. The molecule has 1 aliphatic rings. The van der Waals surface area contributed by atoms with Crippen LogP contribution in [0.1, 0.15) is 32.6 Å². The largest absolute Gasteiger partial charge is 0.409 e. The fourth-order valence-electron chi connectivity index (χ4n) is 2.04. The Labute approximate surface area is 106 Å². The maximum absolute atomic E-state index is 11.8. The minimum atomic E-state index is -0.574. The summed E-state index contributed by atoms with van der Waals surface area (Å²) in [4.78, 5) is 11.8. The Morgan fingerprint density at radius 1 is 1.59 bits per heavy atom. The minimum absolute atomic E-state index is 0.0419. The van der Waals surface area contributed by atoms with Gasteiger partial charge >= 0.3 is 0 Å². The highest BCUT2D eigenvalue weighted by Crippen LogP contribution is 2.26. The predicted molar refractivity (Wildman–Crippen MR) is 70.3 cm³/mol. The molecule has 6 heteroatoms. The fraction of sp³-hybridized carbons (Fsp3) is 0.818. The van der Waals surface area contributed by atoms with Crippen LogP contribution in [0.2, 0.25) is 0 Å². The van der Waals surface area contributed by atoms with Crippen molar-refractivity contribution in [1.82, 2.24) is 5.32 Å². The van der Waals surface area contributed by atoms with E-state index < -0.39 is 5.92 Å². The molecule has 0 aromatic heterocycles. The van der Waals surface area contributed by atoms with E-state index in [4.69, 9.17) is 10.9 Å². The number of hydrogen-bond acceptors (Lipinski definition) is 4. The van der Waals surface area contributed by atoms with E-state index in [1.54, 1.807) is 6.92 Å². The molecular weight excluding hydrogens is 238 g/mol. The van der Waals surface area contributed by atoms with Gasteiger partial charge in [0, 0.05) is 11.3 Å². The monoisotopic (exact) mass is 259 g/mol. The number of nitrogens with zero attached hydrogens (tertiary/aromatic N) is 1. The molecule has 3 atom stereocenters. The van der Waals surface area contributed by atoms with Gasteiger partial charge < -0.3 is 16.3 Å². The lowest BCUT2D eigenvalue weighted by molar-refractivity contribution is -0.123. The predicted octanol–water partition coefficient (Wildman–Crippen LogP) is 1.16. The van der Waals surface area contributed by atoms with Gasteiger partial charge in [0.2, 0.25) is 5.91 Å². The Kier molecular flexibility index (Phi) is 5.61. The van der Waals surface area contributed by atoms with E-state index >= 15 is 0 Å². The Bertz CT molecular complexity index is 296. The summed E-state index contributed by atoms with van der Waals surface area (Å²) in [5.41, 5.74) is 5.41. The number of nitrogens with one attached hydrogen (secondary N) is 1. The number of nitrogens with two attached hydrogens (primary N) is 1. The molecule has 0 radical (unpaired) electrons. The van der Waals surface area contributed by atoms with Crippen LogP contribution in [-0.2, 0) is 4.79 Å². The van der Waals surface area contributed by atoms with Crippen LogP contribution in [0.3, 0.4) is 0 Å². The smallest absolute Gasteiger partial charge is 0.230 e. The van der Waals surface area contributed by atoms with E-state index in [9.17, 15) is 4.79 Å². The second-order valence-corrected chi connectivity index (χ2v) is 5.61. The standard InChI is InChI=1S/C11H21N3O2S/c1-7(10(12)14-16)11(15)13-8-4-3-5-9(6-8)17-2/h7-9,16H,3-6H2,1-2H3,(H2,12,14)(H,13,15). The normalized spacial score (nSPS) is 27.5. The van der Waals surface area contributed by atoms with Crippen molar-refractivity contribution in [3.63, 3.8) is 0 Å². The highest BCUT2D eigenvalue weighted by Gasteiger charge is 2.25. The Morgan fingerprint density at radius 3 is 2.88 bits per heavy atom. The maximum Gasteiger partial charge on any atom is 0.230 e. The average Bonchev–Trinajstić information content (AvgIpc) is 2.37. The van der Waals surface area contributed by atoms with Crippen LogP contribution in [0, 0.1) is 5.92 Å². The van der Waals surface area contributed by atoms with Crippen molar-refractivity contribution in [2.24, 2.45) is 16.8 Å². The van der Waals surface area contributed by atoms with E-state index in [2.05, 4.69) is 16.7 Å². The molecule has 1 saturated carbocycles. The molecule has 0 aromatic carbocycles. The van der Waals surface area contributed by atoms with E-state index in [0.29, 0.717) is 5.25 Å². The molecule has 98 valence electrons. The lowest BCUT2D eigenvalue weighted by Crippen LogP contribution is -2.44. The first-order valence-electron chi connectivity index (χ1n) is 5.89. The highest BCUT2D eigenvalue weighted by molar-refractivity contribution is 7.99. The summed E-state index contributed by atoms with van der Waals surface area (Å²) in [5.74, 6) is -0.776. The quantitative estimate of drug-likeness (QED) is 0.306. The second-order valence-electron chi connectivity index (χ2n) is 4.48. The second kappa shape index (κ2) is 6.74. The van der Waals surface area contributed by atoms with Gasteiger partial charge in [-0.25, -0.2) is 0 Å². The number of carbonyl (C=O) groups is 1. The summed E-state index contributed by atoms with van der Waals surface area (Å²) in [6, 6.07) is 0.225. The van der Waals surface area contributed by atoms with Gasteiger partial charge in [-0.15, -0.1) is 0 Å². The van der Waals surface area contributed by atoms with Crippen LogP contribution in [0.4, 0.5) is 0 Å². The third kappa shape index (κ3) is 4.11. The zero-order valence-electron chi connectivity index (χ0n) is 10.3. The molecule has 4 N–H and O–H groups in total. The van der Waals surface area contributed by atoms with Crippen LogP contribution >= 0.6 is 11.8 Å². The van der Waals surface area contributed by atoms with Crippen molar-refractivity contribution in [3.8, 4) is 0 Å². The summed E-state index contributed by atoms with van der Waals surface area (Å²) in [6.07, 6.45) is 6.51. The van der Waals surface area contributed by atoms with Gasteiger partial charge in [0.1, 0.15) is 0 Å². The number of amides is 1. The van der Waals surface area contributed by atoms with Crippen molar-refractivity contribution in [2.75, 3.05) is 6.26 Å². The van der Waals surface area contributed by atoms with E-state index in [1.807, 2.05) is 11.8 Å². The van der Waals surface area contributed by atoms with Gasteiger partial charge in [-0.05, 0) is 32.4 Å². The van der Waals surface area contributed by atoms with Crippen LogP contribution in [0.5, 0.6) is 0 Å². The summed E-state index contributed by atoms with van der Waals surface area (Å²) in [5, 5.41) is 15.0. The van der Waals surface area contributed by atoms with E-state index in [0.717, 1.165) is 19.3 Å². The van der Waals surface area contributed by atoms with Crippen LogP contribution in [-0.4, -0.2) is 34.5 Å². The third-order valence-corrected chi connectivity index (χ3v) is 4.35. The van der Waals surface area contributed by atoms with Gasteiger partial charge in [0.25, 0.3) is 0 Å². The number of rotatable bonds is 4. The SMILES string of the molecule is CSC1CCCC(NC(=O)C(C)C(N)=NO)C1. The van der Waals surface area contributed by atoms with Gasteiger partial charge in [-0.2, -0.15) is 11.8 Å².